The minimum atomic E-state index is -0.387. The zero-order valence-electron chi connectivity index (χ0n) is 14.4. The predicted octanol–water partition coefficient (Wildman–Crippen LogP) is 4.49. The van der Waals surface area contributed by atoms with Gasteiger partial charge in [-0.25, -0.2) is 4.39 Å². The summed E-state index contributed by atoms with van der Waals surface area (Å²) in [5.74, 6) is -0.464. The van der Waals surface area contributed by atoms with Gasteiger partial charge in [0.1, 0.15) is 23.4 Å². The molecular weight excluding hydrogens is 333 g/mol. The third-order valence-electron chi connectivity index (χ3n) is 5.00. The summed E-state index contributed by atoms with van der Waals surface area (Å²) in [6.45, 7) is 2.54. The van der Waals surface area contributed by atoms with Crippen LogP contribution < -0.4 is 0 Å². The molecule has 26 heavy (non-hydrogen) atoms. The van der Waals surface area contributed by atoms with Crippen LogP contribution in [0.1, 0.15) is 40.7 Å². The Hall–Kier alpha value is -2.66. The molecule has 1 saturated heterocycles. The van der Waals surface area contributed by atoms with Crippen LogP contribution in [0.15, 0.2) is 47.1 Å². The Labute approximate surface area is 150 Å². The Bertz CT molecular complexity index is 940. The minimum absolute atomic E-state index is 0.164. The van der Waals surface area contributed by atoms with Gasteiger partial charge in [0.25, 0.3) is 0 Å². The fraction of sp³-hybridized carbons (Fsp3) is 0.286. The number of fused-ring (bicyclic) bond motifs is 1. The van der Waals surface area contributed by atoms with Crippen LogP contribution >= 0.6 is 0 Å². The van der Waals surface area contributed by atoms with Gasteiger partial charge in [-0.3, -0.25) is 9.69 Å². The molecule has 0 aliphatic carbocycles. The van der Waals surface area contributed by atoms with Crippen LogP contribution in [0.25, 0.3) is 11.0 Å². The lowest BCUT2D eigenvalue weighted by molar-refractivity contribution is 0.103. The number of halogens is 1. The van der Waals surface area contributed by atoms with Gasteiger partial charge in [-0.05, 0) is 62.3 Å². The van der Waals surface area contributed by atoms with Crippen LogP contribution in [0.2, 0.25) is 0 Å². The van der Waals surface area contributed by atoms with Crippen molar-refractivity contribution in [2.75, 3.05) is 13.1 Å². The lowest BCUT2D eigenvalue weighted by Gasteiger charge is -2.27. The summed E-state index contributed by atoms with van der Waals surface area (Å²) in [6, 6.07) is 8.74. The minimum Gasteiger partial charge on any atom is -0.508 e. The number of benzene rings is 2. The van der Waals surface area contributed by atoms with Crippen molar-refractivity contribution in [1.82, 2.24) is 4.90 Å². The molecule has 5 heteroatoms. The highest BCUT2D eigenvalue weighted by Gasteiger charge is 2.22. The van der Waals surface area contributed by atoms with Crippen LogP contribution in [0.5, 0.6) is 5.75 Å². The normalized spacial score (nSPS) is 15.4. The van der Waals surface area contributed by atoms with E-state index in [2.05, 4.69) is 4.90 Å². The van der Waals surface area contributed by atoms with Crippen LogP contribution in [0.3, 0.4) is 0 Å². The maximum absolute atomic E-state index is 13.2. The Kier molecular flexibility index (Phi) is 4.47. The van der Waals surface area contributed by atoms with Gasteiger partial charge in [-0.2, -0.15) is 0 Å². The number of carbonyl (C=O) groups excluding carboxylic acids is 1. The summed E-state index contributed by atoms with van der Waals surface area (Å²) in [6.07, 6.45) is 4.94. The molecule has 0 bridgehead atoms. The lowest BCUT2D eigenvalue weighted by Crippen LogP contribution is -2.29. The Morgan fingerprint density at radius 1 is 1.08 bits per heavy atom. The van der Waals surface area contributed by atoms with Gasteiger partial charge < -0.3 is 9.52 Å². The molecule has 1 N–H and O–H groups in total. The van der Waals surface area contributed by atoms with Crippen LogP contribution in [0.4, 0.5) is 4.39 Å². The number of hydrogen-bond acceptors (Lipinski definition) is 4. The third-order valence-corrected chi connectivity index (χ3v) is 5.00. The lowest BCUT2D eigenvalue weighted by atomic mass is 9.98. The van der Waals surface area contributed by atoms with Crippen molar-refractivity contribution >= 4 is 16.8 Å². The SMILES string of the molecule is O=C(c1ccc(F)cc1)c1coc2ccc(O)c(CN3CCCCC3)c12. The van der Waals surface area contributed by atoms with Crippen molar-refractivity contribution in [3.8, 4) is 5.75 Å². The van der Waals surface area contributed by atoms with E-state index in [1.54, 1.807) is 12.1 Å². The largest absolute Gasteiger partial charge is 0.508 e. The van der Waals surface area contributed by atoms with E-state index in [1.807, 2.05) is 0 Å². The summed E-state index contributed by atoms with van der Waals surface area (Å²) in [4.78, 5) is 15.2. The molecule has 1 fully saturated rings. The molecule has 4 rings (SSSR count). The summed E-state index contributed by atoms with van der Waals surface area (Å²) in [7, 11) is 0. The number of phenols is 1. The van der Waals surface area contributed by atoms with Crippen LogP contribution in [0, 0.1) is 5.82 Å². The number of nitrogens with zero attached hydrogens (tertiary/aromatic N) is 1. The number of piperidine rings is 1. The van der Waals surface area contributed by atoms with Crippen molar-refractivity contribution in [2.24, 2.45) is 0 Å². The first-order valence-corrected chi connectivity index (χ1v) is 8.88. The highest BCUT2D eigenvalue weighted by atomic mass is 19.1. The first-order chi connectivity index (χ1) is 12.6. The van der Waals surface area contributed by atoms with Crippen LogP contribution in [-0.2, 0) is 6.54 Å². The molecule has 1 aliphatic heterocycles. The monoisotopic (exact) mass is 353 g/mol. The van der Waals surface area contributed by atoms with Gasteiger partial charge in [0, 0.05) is 23.1 Å². The Morgan fingerprint density at radius 3 is 2.54 bits per heavy atom. The number of furan rings is 1. The summed E-state index contributed by atoms with van der Waals surface area (Å²) >= 11 is 0. The van der Waals surface area contributed by atoms with Gasteiger partial charge in [0.05, 0.1) is 5.56 Å². The maximum atomic E-state index is 13.2. The van der Waals surface area contributed by atoms with Gasteiger partial charge in [0.2, 0.25) is 0 Å². The van der Waals surface area contributed by atoms with Crippen LogP contribution in [-0.4, -0.2) is 28.9 Å². The molecule has 1 aromatic heterocycles. The number of hydrogen-bond donors (Lipinski definition) is 1. The second-order valence-electron chi connectivity index (χ2n) is 6.76. The highest BCUT2D eigenvalue weighted by molar-refractivity contribution is 6.16. The van der Waals surface area contributed by atoms with E-state index >= 15 is 0 Å². The standard InChI is InChI=1S/C21H20FNO3/c22-15-6-4-14(5-7-15)21(25)17-13-26-19-9-8-18(24)16(20(17)19)12-23-10-2-1-3-11-23/h4-9,13,24H,1-3,10-12H2. The Morgan fingerprint density at radius 2 is 1.81 bits per heavy atom. The Balaban J connectivity index is 1.76. The van der Waals surface area contributed by atoms with Gasteiger partial charge in [0.15, 0.2) is 5.78 Å². The fourth-order valence-electron chi connectivity index (χ4n) is 3.62. The van der Waals surface area contributed by atoms with E-state index in [-0.39, 0.29) is 17.3 Å². The highest BCUT2D eigenvalue weighted by Crippen LogP contribution is 2.34. The third kappa shape index (κ3) is 3.10. The summed E-state index contributed by atoms with van der Waals surface area (Å²) < 4.78 is 18.7. The number of phenolic OH excluding ortho intramolecular Hbond substituents is 1. The van der Waals surface area contributed by atoms with Crippen molar-refractivity contribution < 1.29 is 18.7 Å². The quantitative estimate of drug-likeness (QED) is 0.702. The second-order valence-corrected chi connectivity index (χ2v) is 6.76. The van der Waals surface area contributed by atoms with E-state index in [0.29, 0.717) is 34.2 Å². The first-order valence-electron chi connectivity index (χ1n) is 8.88. The molecule has 0 radical (unpaired) electrons. The average molecular weight is 353 g/mol. The molecule has 0 unspecified atom stereocenters. The number of rotatable bonds is 4. The predicted molar refractivity (Wildman–Crippen MR) is 96.8 cm³/mol. The summed E-state index contributed by atoms with van der Waals surface area (Å²) in [5, 5.41) is 11.1. The zero-order valence-corrected chi connectivity index (χ0v) is 14.4. The number of ketones is 1. The molecule has 1 aliphatic rings. The molecule has 0 spiro atoms. The van der Waals surface area contributed by atoms with Crippen molar-refractivity contribution in [3.05, 3.63) is 65.2 Å². The smallest absolute Gasteiger partial charge is 0.196 e. The molecule has 2 aromatic carbocycles. The van der Waals surface area contributed by atoms with E-state index in [0.717, 1.165) is 25.9 Å². The van der Waals surface area contributed by atoms with E-state index in [9.17, 15) is 14.3 Å². The van der Waals surface area contributed by atoms with Gasteiger partial charge in [-0.1, -0.05) is 6.42 Å². The van der Waals surface area contributed by atoms with Crippen molar-refractivity contribution in [3.63, 3.8) is 0 Å². The zero-order chi connectivity index (χ0) is 18.1. The molecule has 0 saturated carbocycles. The first kappa shape index (κ1) is 16.8. The topological polar surface area (TPSA) is 53.7 Å². The molecular formula is C21H20FNO3. The summed E-state index contributed by atoms with van der Waals surface area (Å²) in [5.41, 5.74) is 2.07. The maximum Gasteiger partial charge on any atom is 0.196 e. The molecule has 0 amide bonds. The molecule has 3 aromatic rings. The van der Waals surface area contributed by atoms with Crippen molar-refractivity contribution in [2.45, 2.75) is 25.8 Å². The fourth-order valence-corrected chi connectivity index (χ4v) is 3.62. The van der Waals surface area contributed by atoms with Gasteiger partial charge in [-0.15, -0.1) is 0 Å². The number of aromatic hydroxyl groups is 1. The molecule has 0 atom stereocenters. The van der Waals surface area contributed by atoms with Crippen molar-refractivity contribution in [1.29, 1.82) is 0 Å². The second kappa shape index (κ2) is 6.92. The van der Waals surface area contributed by atoms with E-state index in [1.165, 1.54) is 36.9 Å². The van der Waals surface area contributed by atoms with Gasteiger partial charge >= 0.3 is 0 Å². The van der Waals surface area contributed by atoms with E-state index in [4.69, 9.17) is 4.42 Å². The van der Waals surface area contributed by atoms with E-state index < -0.39 is 0 Å². The number of likely N-dealkylation sites (tertiary alicyclic amines) is 1. The number of carbonyl (C=O) groups is 1. The molecule has 4 nitrogen and oxygen atoms in total. The average Bonchev–Trinajstić information content (AvgIpc) is 3.09. The molecule has 134 valence electrons. The molecule has 2 heterocycles.